The normalized spacial score (nSPS) is 11.7. The average molecular weight is 230 g/mol. The van der Waals surface area contributed by atoms with Crippen LogP contribution in [0.15, 0.2) is 37.1 Å². The number of imidazole rings is 1. The number of nitrogens with zero attached hydrogens (tertiary/aromatic N) is 3. The molecule has 0 saturated heterocycles. The zero-order valence-corrected chi connectivity index (χ0v) is 10.5. The average Bonchev–Trinajstić information content (AvgIpc) is 2.79. The summed E-state index contributed by atoms with van der Waals surface area (Å²) in [6.45, 7) is 5.09. The minimum Gasteiger partial charge on any atom is -0.328 e. The van der Waals surface area contributed by atoms with Crippen LogP contribution in [-0.4, -0.2) is 21.6 Å². The van der Waals surface area contributed by atoms with Gasteiger partial charge in [0.1, 0.15) is 0 Å². The number of pyridine rings is 1. The Kier molecular flexibility index (Phi) is 3.24. The molecule has 4 nitrogen and oxygen atoms in total. The lowest BCUT2D eigenvalue weighted by molar-refractivity contribution is 0.413. The zero-order valence-electron chi connectivity index (χ0n) is 10.5. The van der Waals surface area contributed by atoms with Crippen molar-refractivity contribution in [3.8, 4) is 0 Å². The molecule has 2 rings (SSSR count). The quantitative estimate of drug-likeness (QED) is 0.870. The summed E-state index contributed by atoms with van der Waals surface area (Å²) in [7, 11) is 1.96. The van der Waals surface area contributed by atoms with E-state index in [0.717, 1.165) is 6.54 Å². The van der Waals surface area contributed by atoms with E-state index >= 15 is 0 Å². The molecule has 0 bridgehead atoms. The van der Waals surface area contributed by atoms with Crippen LogP contribution < -0.4 is 5.32 Å². The van der Waals surface area contributed by atoms with Gasteiger partial charge in [-0.1, -0.05) is 6.07 Å². The molecule has 1 N–H and O–H groups in total. The fraction of sp³-hybridized carbons (Fsp3) is 0.385. The SMILES string of the molecule is CNC(C)(C)c1cncn1Cc1cccnc1. The molecule has 0 atom stereocenters. The highest BCUT2D eigenvalue weighted by Crippen LogP contribution is 2.19. The third kappa shape index (κ3) is 2.53. The van der Waals surface area contributed by atoms with E-state index in [1.807, 2.05) is 31.8 Å². The zero-order chi connectivity index (χ0) is 12.3. The van der Waals surface area contributed by atoms with Crippen molar-refractivity contribution in [3.05, 3.63) is 48.3 Å². The van der Waals surface area contributed by atoms with Crippen molar-refractivity contribution in [3.63, 3.8) is 0 Å². The topological polar surface area (TPSA) is 42.7 Å². The molecular weight excluding hydrogens is 212 g/mol. The van der Waals surface area contributed by atoms with Gasteiger partial charge in [0.25, 0.3) is 0 Å². The van der Waals surface area contributed by atoms with Crippen LogP contribution in [0, 0.1) is 0 Å². The van der Waals surface area contributed by atoms with Gasteiger partial charge in [0.15, 0.2) is 0 Å². The van der Waals surface area contributed by atoms with Crippen molar-refractivity contribution in [1.29, 1.82) is 0 Å². The summed E-state index contributed by atoms with van der Waals surface area (Å²) in [5.41, 5.74) is 2.26. The summed E-state index contributed by atoms with van der Waals surface area (Å²) in [4.78, 5) is 8.36. The second kappa shape index (κ2) is 4.67. The lowest BCUT2D eigenvalue weighted by atomic mass is 10.0. The first-order valence-corrected chi connectivity index (χ1v) is 5.72. The highest BCUT2D eigenvalue weighted by Gasteiger charge is 2.21. The van der Waals surface area contributed by atoms with E-state index in [9.17, 15) is 0 Å². The summed E-state index contributed by atoms with van der Waals surface area (Å²) in [5.74, 6) is 0. The maximum absolute atomic E-state index is 4.24. The Hall–Kier alpha value is -1.68. The molecular formula is C13H18N4. The highest BCUT2D eigenvalue weighted by molar-refractivity contribution is 5.15. The van der Waals surface area contributed by atoms with Crippen molar-refractivity contribution >= 4 is 0 Å². The van der Waals surface area contributed by atoms with Gasteiger partial charge in [0.05, 0.1) is 30.3 Å². The van der Waals surface area contributed by atoms with Gasteiger partial charge in [0, 0.05) is 12.4 Å². The molecule has 0 spiro atoms. The van der Waals surface area contributed by atoms with Crippen molar-refractivity contribution in [2.45, 2.75) is 25.9 Å². The largest absolute Gasteiger partial charge is 0.328 e. The van der Waals surface area contributed by atoms with Gasteiger partial charge in [-0.15, -0.1) is 0 Å². The summed E-state index contributed by atoms with van der Waals surface area (Å²) in [6.07, 6.45) is 7.44. The molecule has 0 amide bonds. The van der Waals surface area contributed by atoms with E-state index in [1.165, 1.54) is 11.3 Å². The number of hydrogen-bond acceptors (Lipinski definition) is 3. The first kappa shape index (κ1) is 11.8. The molecule has 0 fully saturated rings. The van der Waals surface area contributed by atoms with Crippen molar-refractivity contribution in [2.24, 2.45) is 0 Å². The second-order valence-corrected chi connectivity index (χ2v) is 4.64. The van der Waals surface area contributed by atoms with Crippen LogP contribution in [0.25, 0.3) is 0 Å². The molecule has 0 aliphatic carbocycles. The highest BCUT2D eigenvalue weighted by atomic mass is 15.1. The molecule has 0 aromatic carbocycles. The molecule has 2 heterocycles. The van der Waals surface area contributed by atoms with Crippen molar-refractivity contribution in [1.82, 2.24) is 19.9 Å². The van der Waals surface area contributed by atoms with E-state index in [4.69, 9.17) is 0 Å². The van der Waals surface area contributed by atoms with Crippen LogP contribution in [0.4, 0.5) is 0 Å². The van der Waals surface area contributed by atoms with Crippen LogP contribution in [0.5, 0.6) is 0 Å². The lowest BCUT2D eigenvalue weighted by Gasteiger charge is -2.25. The fourth-order valence-electron chi connectivity index (χ4n) is 1.78. The minimum absolute atomic E-state index is 0.0846. The molecule has 0 aliphatic rings. The Morgan fingerprint density at radius 2 is 2.12 bits per heavy atom. The van der Waals surface area contributed by atoms with Gasteiger partial charge >= 0.3 is 0 Å². The smallest absolute Gasteiger partial charge is 0.0951 e. The Morgan fingerprint density at radius 1 is 1.29 bits per heavy atom. The molecule has 0 aliphatic heterocycles. The molecule has 0 radical (unpaired) electrons. The van der Waals surface area contributed by atoms with Gasteiger partial charge in [0.2, 0.25) is 0 Å². The Balaban J connectivity index is 2.26. The molecule has 4 heteroatoms. The van der Waals surface area contributed by atoms with Crippen LogP contribution in [0.2, 0.25) is 0 Å². The Morgan fingerprint density at radius 3 is 2.76 bits per heavy atom. The van der Waals surface area contributed by atoms with Crippen LogP contribution >= 0.6 is 0 Å². The first-order chi connectivity index (χ1) is 8.13. The van der Waals surface area contributed by atoms with Crippen molar-refractivity contribution < 1.29 is 0 Å². The Labute approximate surface area is 102 Å². The monoisotopic (exact) mass is 230 g/mol. The molecule has 2 aromatic heterocycles. The summed E-state index contributed by atoms with van der Waals surface area (Å²) >= 11 is 0. The summed E-state index contributed by atoms with van der Waals surface area (Å²) in [5, 5.41) is 3.29. The van der Waals surface area contributed by atoms with Crippen LogP contribution in [0.3, 0.4) is 0 Å². The molecule has 2 aromatic rings. The van der Waals surface area contributed by atoms with Gasteiger partial charge in [-0.2, -0.15) is 0 Å². The predicted molar refractivity (Wildman–Crippen MR) is 67.7 cm³/mol. The van der Waals surface area contributed by atoms with Gasteiger partial charge in [-0.05, 0) is 32.5 Å². The molecule has 0 unspecified atom stereocenters. The summed E-state index contributed by atoms with van der Waals surface area (Å²) in [6, 6.07) is 4.03. The van der Waals surface area contributed by atoms with E-state index in [-0.39, 0.29) is 5.54 Å². The maximum atomic E-state index is 4.24. The minimum atomic E-state index is -0.0846. The van der Waals surface area contributed by atoms with E-state index in [1.54, 1.807) is 6.20 Å². The molecule has 0 saturated carbocycles. The molecule has 17 heavy (non-hydrogen) atoms. The number of nitrogens with one attached hydrogen (secondary N) is 1. The number of hydrogen-bond donors (Lipinski definition) is 1. The second-order valence-electron chi connectivity index (χ2n) is 4.64. The standard InChI is InChI=1S/C13H18N4/c1-13(2,14-3)12-8-16-10-17(12)9-11-5-4-6-15-7-11/h4-8,10,14H,9H2,1-3H3. The van der Waals surface area contributed by atoms with Crippen LogP contribution in [-0.2, 0) is 12.1 Å². The first-order valence-electron chi connectivity index (χ1n) is 5.72. The third-order valence-electron chi connectivity index (χ3n) is 3.05. The van der Waals surface area contributed by atoms with E-state index in [0.29, 0.717) is 0 Å². The van der Waals surface area contributed by atoms with Gasteiger partial charge < -0.3 is 9.88 Å². The number of rotatable bonds is 4. The number of aromatic nitrogens is 3. The van der Waals surface area contributed by atoms with E-state index < -0.39 is 0 Å². The fourth-order valence-corrected chi connectivity index (χ4v) is 1.78. The predicted octanol–water partition coefficient (Wildman–Crippen LogP) is 1.78. The van der Waals surface area contributed by atoms with E-state index in [2.05, 4.69) is 39.8 Å². The summed E-state index contributed by atoms with van der Waals surface area (Å²) < 4.78 is 2.15. The van der Waals surface area contributed by atoms with Gasteiger partial charge in [-0.25, -0.2) is 4.98 Å². The molecule has 90 valence electrons. The maximum Gasteiger partial charge on any atom is 0.0951 e. The van der Waals surface area contributed by atoms with Crippen LogP contribution in [0.1, 0.15) is 25.1 Å². The lowest BCUT2D eigenvalue weighted by Crippen LogP contribution is -2.35. The van der Waals surface area contributed by atoms with Crippen molar-refractivity contribution in [2.75, 3.05) is 7.05 Å². The Bertz CT molecular complexity index is 473. The third-order valence-corrected chi connectivity index (χ3v) is 3.05. The van der Waals surface area contributed by atoms with Gasteiger partial charge in [-0.3, -0.25) is 4.98 Å².